The number of hydrogen-bond acceptors (Lipinski definition) is 3. The second kappa shape index (κ2) is 5.77. The number of amides is 1. The van der Waals surface area contributed by atoms with E-state index in [1.54, 1.807) is 12.5 Å². The first kappa shape index (κ1) is 12.7. The van der Waals surface area contributed by atoms with E-state index in [0.29, 0.717) is 13.2 Å². The lowest BCUT2D eigenvalue weighted by atomic mass is 9.96. The summed E-state index contributed by atoms with van der Waals surface area (Å²) in [6, 6.07) is 7.88. The van der Waals surface area contributed by atoms with E-state index in [-0.39, 0.29) is 11.8 Å². The van der Waals surface area contributed by atoms with E-state index in [1.165, 1.54) is 0 Å². The van der Waals surface area contributed by atoms with Crippen molar-refractivity contribution in [2.75, 3.05) is 13.2 Å². The summed E-state index contributed by atoms with van der Waals surface area (Å²) >= 11 is 0. The van der Waals surface area contributed by atoms with Gasteiger partial charge in [0, 0.05) is 24.9 Å². The Labute approximate surface area is 117 Å². The Bertz CT molecular complexity index is 581. The molecular weight excluding hydrogens is 254 g/mol. The number of rotatable bonds is 4. The van der Waals surface area contributed by atoms with Gasteiger partial charge in [-0.05, 0) is 18.1 Å². The zero-order valence-electron chi connectivity index (χ0n) is 11.1. The molecule has 1 aromatic heterocycles. The van der Waals surface area contributed by atoms with Crippen LogP contribution < -0.4 is 10.1 Å². The van der Waals surface area contributed by atoms with E-state index in [4.69, 9.17) is 4.74 Å². The van der Waals surface area contributed by atoms with Crippen LogP contribution >= 0.6 is 0 Å². The lowest BCUT2D eigenvalue weighted by Crippen LogP contribution is -2.38. The summed E-state index contributed by atoms with van der Waals surface area (Å²) in [6.07, 6.45) is 4.91. The Kier molecular flexibility index (Phi) is 3.67. The molecular formula is C15H17N3O2. The number of benzene rings is 1. The highest BCUT2D eigenvalue weighted by Gasteiger charge is 2.25. The van der Waals surface area contributed by atoms with Crippen LogP contribution in [0.25, 0.3) is 0 Å². The summed E-state index contributed by atoms with van der Waals surface area (Å²) in [5.74, 6) is 0.847. The van der Waals surface area contributed by atoms with Crippen LogP contribution in [-0.2, 0) is 17.6 Å². The second-order valence-electron chi connectivity index (χ2n) is 4.94. The number of H-pyrrole nitrogens is 1. The van der Waals surface area contributed by atoms with Crippen LogP contribution in [0.1, 0.15) is 11.3 Å². The van der Waals surface area contributed by atoms with E-state index < -0.39 is 0 Å². The number of para-hydroxylation sites is 1. The van der Waals surface area contributed by atoms with E-state index in [1.807, 2.05) is 24.3 Å². The number of carbonyl (C=O) groups is 1. The molecule has 0 bridgehead atoms. The number of ether oxygens (including phenoxy) is 1. The zero-order valence-corrected chi connectivity index (χ0v) is 11.1. The van der Waals surface area contributed by atoms with Gasteiger partial charge in [0.05, 0.1) is 12.2 Å². The highest BCUT2D eigenvalue weighted by atomic mass is 16.5. The summed E-state index contributed by atoms with van der Waals surface area (Å²) in [5, 5.41) is 2.95. The summed E-state index contributed by atoms with van der Waals surface area (Å²) in [7, 11) is 0. The summed E-state index contributed by atoms with van der Waals surface area (Å²) < 4.78 is 5.63. The van der Waals surface area contributed by atoms with Crippen LogP contribution in [0.2, 0.25) is 0 Å². The molecule has 5 heteroatoms. The Morgan fingerprint density at radius 3 is 3.20 bits per heavy atom. The van der Waals surface area contributed by atoms with Crippen LogP contribution in [0.3, 0.4) is 0 Å². The first-order valence-corrected chi connectivity index (χ1v) is 6.78. The van der Waals surface area contributed by atoms with E-state index in [2.05, 4.69) is 15.3 Å². The molecule has 20 heavy (non-hydrogen) atoms. The third-order valence-electron chi connectivity index (χ3n) is 3.50. The van der Waals surface area contributed by atoms with Crippen LogP contribution in [0, 0.1) is 5.92 Å². The van der Waals surface area contributed by atoms with Gasteiger partial charge in [0.2, 0.25) is 5.91 Å². The Hall–Kier alpha value is -2.30. The van der Waals surface area contributed by atoms with Crippen molar-refractivity contribution in [2.45, 2.75) is 12.8 Å². The normalized spacial score (nSPS) is 17.1. The second-order valence-corrected chi connectivity index (χ2v) is 4.94. The minimum atomic E-state index is -0.105. The fourth-order valence-corrected chi connectivity index (χ4v) is 2.38. The molecule has 1 aliphatic heterocycles. The molecule has 0 fully saturated rings. The molecule has 0 saturated heterocycles. The van der Waals surface area contributed by atoms with Crippen molar-refractivity contribution in [1.82, 2.24) is 15.3 Å². The third-order valence-corrected chi connectivity index (χ3v) is 3.50. The van der Waals surface area contributed by atoms with Gasteiger partial charge in [0.15, 0.2) is 0 Å². The first-order valence-electron chi connectivity index (χ1n) is 6.78. The van der Waals surface area contributed by atoms with Crippen LogP contribution in [-0.4, -0.2) is 29.0 Å². The van der Waals surface area contributed by atoms with Crippen molar-refractivity contribution in [3.05, 3.63) is 48.0 Å². The number of aromatic nitrogens is 2. The molecule has 2 heterocycles. The molecule has 1 amide bonds. The number of nitrogens with one attached hydrogen (secondary N) is 2. The maximum absolute atomic E-state index is 12.1. The predicted octanol–water partition coefficient (Wildman–Crippen LogP) is 1.32. The summed E-state index contributed by atoms with van der Waals surface area (Å²) in [5.41, 5.74) is 2.13. The fourth-order valence-electron chi connectivity index (χ4n) is 2.38. The Morgan fingerprint density at radius 2 is 2.35 bits per heavy atom. The lowest BCUT2D eigenvalue weighted by molar-refractivity contribution is -0.126. The van der Waals surface area contributed by atoms with Crippen molar-refractivity contribution >= 4 is 5.91 Å². The molecule has 1 atom stereocenters. The minimum absolute atomic E-state index is 0.0546. The molecule has 2 aromatic rings. The topological polar surface area (TPSA) is 67.0 Å². The maximum atomic E-state index is 12.1. The molecule has 5 nitrogen and oxygen atoms in total. The summed E-state index contributed by atoms with van der Waals surface area (Å²) in [4.78, 5) is 19.1. The summed E-state index contributed by atoms with van der Waals surface area (Å²) in [6.45, 7) is 1.06. The SMILES string of the molecule is O=C(NCCc1cnc[nH]1)C1COc2ccccc2C1. The van der Waals surface area contributed by atoms with Gasteiger partial charge in [0.1, 0.15) is 12.4 Å². The number of imidazole rings is 1. The number of aromatic amines is 1. The number of hydrogen-bond donors (Lipinski definition) is 2. The maximum Gasteiger partial charge on any atom is 0.226 e. The third kappa shape index (κ3) is 2.82. The van der Waals surface area contributed by atoms with Crippen molar-refractivity contribution in [3.8, 4) is 5.75 Å². The largest absolute Gasteiger partial charge is 0.492 e. The van der Waals surface area contributed by atoms with Crippen molar-refractivity contribution < 1.29 is 9.53 Å². The quantitative estimate of drug-likeness (QED) is 0.881. The first-order chi connectivity index (χ1) is 9.83. The molecule has 1 unspecified atom stereocenters. The molecule has 104 valence electrons. The van der Waals surface area contributed by atoms with Gasteiger partial charge in [0.25, 0.3) is 0 Å². The smallest absolute Gasteiger partial charge is 0.226 e. The molecule has 3 rings (SSSR count). The molecule has 1 aromatic carbocycles. The number of nitrogens with zero attached hydrogens (tertiary/aromatic N) is 1. The van der Waals surface area contributed by atoms with Gasteiger partial charge in [-0.3, -0.25) is 4.79 Å². The standard InChI is InChI=1S/C15H17N3O2/c19-15(17-6-5-13-8-16-10-18-13)12-7-11-3-1-2-4-14(11)20-9-12/h1-4,8,10,12H,5-7,9H2,(H,16,18)(H,17,19). The van der Waals surface area contributed by atoms with Crippen LogP contribution in [0.5, 0.6) is 5.75 Å². The van der Waals surface area contributed by atoms with Gasteiger partial charge in [-0.2, -0.15) is 0 Å². The van der Waals surface area contributed by atoms with E-state index in [9.17, 15) is 4.79 Å². The average molecular weight is 271 g/mol. The molecule has 0 spiro atoms. The van der Waals surface area contributed by atoms with Crippen molar-refractivity contribution in [1.29, 1.82) is 0 Å². The fraction of sp³-hybridized carbons (Fsp3) is 0.333. The van der Waals surface area contributed by atoms with Gasteiger partial charge in [-0.15, -0.1) is 0 Å². The van der Waals surface area contributed by atoms with Crippen LogP contribution in [0.15, 0.2) is 36.8 Å². The van der Waals surface area contributed by atoms with Crippen molar-refractivity contribution in [3.63, 3.8) is 0 Å². The molecule has 0 saturated carbocycles. The monoisotopic (exact) mass is 271 g/mol. The highest BCUT2D eigenvalue weighted by Crippen LogP contribution is 2.26. The number of fused-ring (bicyclic) bond motifs is 1. The average Bonchev–Trinajstić information content (AvgIpc) is 3.00. The highest BCUT2D eigenvalue weighted by molar-refractivity contribution is 5.79. The van der Waals surface area contributed by atoms with E-state index in [0.717, 1.165) is 29.8 Å². The van der Waals surface area contributed by atoms with Gasteiger partial charge in [-0.1, -0.05) is 18.2 Å². The molecule has 2 N–H and O–H groups in total. The minimum Gasteiger partial charge on any atom is -0.492 e. The Balaban J connectivity index is 1.51. The zero-order chi connectivity index (χ0) is 13.8. The predicted molar refractivity (Wildman–Crippen MR) is 74.4 cm³/mol. The van der Waals surface area contributed by atoms with Gasteiger partial charge < -0.3 is 15.0 Å². The van der Waals surface area contributed by atoms with Crippen LogP contribution in [0.4, 0.5) is 0 Å². The van der Waals surface area contributed by atoms with Crippen molar-refractivity contribution in [2.24, 2.45) is 5.92 Å². The van der Waals surface area contributed by atoms with E-state index >= 15 is 0 Å². The molecule has 1 aliphatic rings. The Morgan fingerprint density at radius 1 is 1.45 bits per heavy atom. The number of carbonyl (C=O) groups excluding carboxylic acids is 1. The molecule has 0 radical (unpaired) electrons. The molecule has 0 aliphatic carbocycles. The van der Waals surface area contributed by atoms with Gasteiger partial charge >= 0.3 is 0 Å². The lowest BCUT2D eigenvalue weighted by Gasteiger charge is -2.24. The van der Waals surface area contributed by atoms with Gasteiger partial charge in [-0.25, -0.2) is 4.98 Å².